The first-order chi connectivity index (χ1) is 10.8. The second kappa shape index (κ2) is 6.64. The van der Waals surface area contributed by atoms with Crippen molar-refractivity contribution in [2.45, 2.75) is 38.1 Å². The first-order valence-corrected chi connectivity index (χ1v) is 7.56. The maximum Gasteiger partial charge on any atom is 0.254 e. The maximum atomic E-state index is 12.6. The molecule has 1 aliphatic rings. The van der Waals surface area contributed by atoms with E-state index in [-0.39, 0.29) is 11.9 Å². The average molecular weight is 304 g/mol. The Morgan fingerprint density at radius 3 is 3.18 bits per heavy atom. The van der Waals surface area contributed by atoms with Crippen molar-refractivity contribution in [1.29, 1.82) is 0 Å². The molecule has 3 heterocycles. The van der Waals surface area contributed by atoms with Gasteiger partial charge in [-0.05, 0) is 30.5 Å². The number of aromatic amines is 1. The molecule has 118 valence electrons. The number of piperidine rings is 1. The summed E-state index contributed by atoms with van der Waals surface area (Å²) < 4.78 is 10.1. The fourth-order valence-electron chi connectivity index (χ4n) is 2.89. The molecular formula is C15H20N4O3. The van der Waals surface area contributed by atoms with E-state index in [1.807, 2.05) is 11.0 Å². The summed E-state index contributed by atoms with van der Waals surface area (Å²) in [5.41, 5.74) is 1.01. The van der Waals surface area contributed by atoms with Crippen LogP contribution < -0.4 is 4.74 Å². The van der Waals surface area contributed by atoms with Crippen LogP contribution >= 0.6 is 0 Å². The standard InChI is InChI=1S/C15H20N4O3/c1-21-14-10-11(22-18-14)5-6-15(20)19-9-3-2-4-13(19)12-7-8-16-17-12/h7-8,10,13H,2-6,9H2,1H3,(H,16,17). The summed E-state index contributed by atoms with van der Waals surface area (Å²) >= 11 is 0. The van der Waals surface area contributed by atoms with Crippen LogP contribution in [-0.4, -0.2) is 39.8 Å². The second-order valence-electron chi connectivity index (χ2n) is 5.45. The molecule has 0 aromatic carbocycles. The van der Waals surface area contributed by atoms with Crippen LogP contribution in [0, 0.1) is 0 Å². The normalized spacial score (nSPS) is 18.4. The number of likely N-dealkylation sites (tertiary alicyclic amines) is 1. The van der Waals surface area contributed by atoms with E-state index in [2.05, 4.69) is 15.4 Å². The van der Waals surface area contributed by atoms with Gasteiger partial charge in [0.2, 0.25) is 5.91 Å². The second-order valence-corrected chi connectivity index (χ2v) is 5.45. The van der Waals surface area contributed by atoms with Crippen LogP contribution in [0.5, 0.6) is 5.88 Å². The number of aromatic nitrogens is 3. The highest BCUT2D eigenvalue weighted by atomic mass is 16.5. The van der Waals surface area contributed by atoms with Gasteiger partial charge in [-0.25, -0.2) is 0 Å². The quantitative estimate of drug-likeness (QED) is 0.914. The zero-order chi connectivity index (χ0) is 15.4. The monoisotopic (exact) mass is 304 g/mol. The first kappa shape index (κ1) is 14.6. The number of carbonyl (C=O) groups excluding carboxylic acids is 1. The predicted molar refractivity (Wildman–Crippen MR) is 78.3 cm³/mol. The summed E-state index contributed by atoms with van der Waals surface area (Å²) in [5.74, 6) is 1.24. The fourth-order valence-corrected chi connectivity index (χ4v) is 2.89. The Balaban J connectivity index is 1.62. The summed E-state index contributed by atoms with van der Waals surface area (Å²) in [5, 5.41) is 10.7. The molecule has 2 aromatic rings. The largest absolute Gasteiger partial charge is 0.479 e. The molecular weight excluding hydrogens is 284 g/mol. The lowest BCUT2D eigenvalue weighted by Gasteiger charge is -2.35. The van der Waals surface area contributed by atoms with Gasteiger partial charge in [0, 0.05) is 31.6 Å². The van der Waals surface area contributed by atoms with Gasteiger partial charge in [-0.15, -0.1) is 0 Å². The molecule has 22 heavy (non-hydrogen) atoms. The Morgan fingerprint density at radius 1 is 1.55 bits per heavy atom. The van der Waals surface area contributed by atoms with Crippen LogP contribution in [0.25, 0.3) is 0 Å². The number of carbonyl (C=O) groups is 1. The molecule has 3 rings (SSSR count). The van der Waals surface area contributed by atoms with E-state index < -0.39 is 0 Å². The Kier molecular flexibility index (Phi) is 4.41. The van der Waals surface area contributed by atoms with E-state index in [0.717, 1.165) is 31.5 Å². The summed E-state index contributed by atoms with van der Waals surface area (Å²) in [4.78, 5) is 14.5. The van der Waals surface area contributed by atoms with Gasteiger partial charge in [0.1, 0.15) is 5.76 Å². The van der Waals surface area contributed by atoms with E-state index in [1.165, 1.54) is 7.11 Å². The number of hydrogen-bond donors (Lipinski definition) is 1. The van der Waals surface area contributed by atoms with Crippen LogP contribution in [0.2, 0.25) is 0 Å². The van der Waals surface area contributed by atoms with E-state index >= 15 is 0 Å². The van der Waals surface area contributed by atoms with Gasteiger partial charge in [-0.2, -0.15) is 5.10 Å². The van der Waals surface area contributed by atoms with Gasteiger partial charge >= 0.3 is 0 Å². The molecule has 0 bridgehead atoms. The van der Waals surface area contributed by atoms with Crippen LogP contribution in [0.1, 0.15) is 43.2 Å². The van der Waals surface area contributed by atoms with E-state index in [4.69, 9.17) is 9.26 Å². The van der Waals surface area contributed by atoms with Crippen molar-refractivity contribution in [1.82, 2.24) is 20.3 Å². The number of nitrogens with one attached hydrogen (secondary N) is 1. The molecule has 1 fully saturated rings. The average Bonchev–Trinajstić information content (AvgIpc) is 3.24. The van der Waals surface area contributed by atoms with Crippen molar-refractivity contribution in [2.75, 3.05) is 13.7 Å². The van der Waals surface area contributed by atoms with Gasteiger partial charge in [0.15, 0.2) is 0 Å². The van der Waals surface area contributed by atoms with Crippen LogP contribution in [0.4, 0.5) is 0 Å². The smallest absolute Gasteiger partial charge is 0.254 e. The lowest BCUT2D eigenvalue weighted by molar-refractivity contribution is -0.135. The molecule has 1 saturated heterocycles. The predicted octanol–water partition coefficient (Wildman–Crippen LogP) is 2.09. The molecule has 1 N–H and O–H groups in total. The summed E-state index contributed by atoms with van der Waals surface area (Å²) in [7, 11) is 1.54. The third kappa shape index (κ3) is 3.13. The minimum atomic E-state index is 0.105. The van der Waals surface area contributed by atoms with Gasteiger partial charge in [0.25, 0.3) is 5.88 Å². The van der Waals surface area contributed by atoms with Crippen molar-refractivity contribution >= 4 is 5.91 Å². The SMILES string of the molecule is COc1cc(CCC(=O)N2CCCCC2c2ccn[nH]2)on1. The minimum absolute atomic E-state index is 0.105. The zero-order valence-corrected chi connectivity index (χ0v) is 12.6. The van der Waals surface area contributed by atoms with Gasteiger partial charge in [-0.1, -0.05) is 0 Å². The molecule has 2 aromatic heterocycles. The summed E-state index contributed by atoms with van der Waals surface area (Å²) in [6, 6.07) is 3.76. The van der Waals surface area contributed by atoms with Crippen molar-refractivity contribution < 1.29 is 14.1 Å². The van der Waals surface area contributed by atoms with Gasteiger partial charge in [-0.3, -0.25) is 9.89 Å². The maximum absolute atomic E-state index is 12.6. The highest BCUT2D eigenvalue weighted by molar-refractivity contribution is 5.77. The molecule has 0 spiro atoms. The molecule has 0 aliphatic carbocycles. The van der Waals surface area contributed by atoms with Gasteiger partial charge < -0.3 is 14.2 Å². The number of methoxy groups -OCH3 is 1. The van der Waals surface area contributed by atoms with E-state index in [0.29, 0.717) is 24.5 Å². The highest BCUT2D eigenvalue weighted by Gasteiger charge is 2.28. The lowest BCUT2D eigenvalue weighted by atomic mass is 9.98. The zero-order valence-electron chi connectivity index (χ0n) is 12.6. The van der Waals surface area contributed by atoms with E-state index in [9.17, 15) is 4.79 Å². The van der Waals surface area contributed by atoms with Crippen molar-refractivity contribution in [2.24, 2.45) is 0 Å². The van der Waals surface area contributed by atoms with E-state index in [1.54, 1.807) is 12.3 Å². The number of rotatable bonds is 5. The third-order valence-corrected chi connectivity index (χ3v) is 4.04. The Labute approximate surface area is 128 Å². The Morgan fingerprint density at radius 2 is 2.45 bits per heavy atom. The number of aryl methyl sites for hydroxylation is 1. The van der Waals surface area contributed by atoms with Crippen LogP contribution in [0.15, 0.2) is 22.9 Å². The fraction of sp³-hybridized carbons (Fsp3) is 0.533. The van der Waals surface area contributed by atoms with Crippen molar-refractivity contribution in [3.8, 4) is 5.88 Å². The first-order valence-electron chi connectivity index (χ1n) is 7.56. The molecule has 1 aliphatic heterocycles. The molecule has 1 amide bonds. The minimum Gasteiger partial charge on any atom is -0.479 e. The van der Waals surface area contributed by atoms with Gasteiger partial charge in [0.05, 0.1) is 18.8 Å². The number of amides is 1. The Hall–Kier alpha value is -2.31. The number of nitrogens with zero attached hydrogens (tertiary/aromatic N) is 3. The number of hydrogen-bond acceptors (Lipinski definition) is 5. The topological polar surface area (TPSA) is 84.2 Å². The molecule has 1 unspecified atom stereocenters. The molecule has 7 heteroatoms. The molecule has 1 atom stereocenters. The summed E-state index contributed by atoms with van der Waals surface area (Å²) in [6.07, 6.45) is 5.82. The number of ether oxygens (including phenoxy) is 1. The molecule has 0 radical (unpaired) electrons. The van der Waals surface area contributed by atoms with Crippen LogP contribution in [0.3, 0.4) is 0 Å². The van der Waals surface area contributed by atoms with Crippen LogP contribution in [-0.2, 0) is 11.2 Å². The van der Waals surface area contributed by atoms with Crippen molar-refractivity contribution in [3.63, 3.8) is 0 Å². The summed E-state index contributed by atoms with van der Waals surface area (Å²) in [6.45, 7) is 0.794. The third-order valence-electron chi connectivity index (χ3n) is 4.04. The number of H-pyrrole nitrogens is 1. The van der Waals surface area contributed by atoms with Crippen molar-refractivity contribution in [3.05, 3.63) is 29.8 Å². The Bertz CT molecular complexity index is 608. The molecule has 0 saturated carbocycles. The highest BCUT2D eigenvalue weighted by Crippen LogP contribution is 2.30. The molecule has 7 nitrogen and oxygen atoms in total. The lowest BCUT2D eigenvalue weighted by Crippen LogP contribution is -2.38.